The van der Waals surface area contributed by atoms with Crippen LogP contribution in [0.15, 0.2) is 30.4 Å². The molecule has 24 heavy (non-hydrogen) atoms. The van der Waals surface area contributed by atoms with Crippen LogP contribution in [0.2, 0.25) is 23.2 Å². The van der Waals surface area contributed by atoms with Crippen LogP contribution in [0.25, 0.3) is 0 Å². The fraction of sp³-hybridized carbons (Fsp3) is 0.526. The summed E-state index contributed by atoms with van der Waals surface area (Å²) in [5, 5.41) is 0.690. The van der Waals surface area contributed by atoms with Crippen LogP contribution in [0, 0.1) is 0 Å². The van der Waals surface area contributed by atoms with Gasteiger partial charge in [-0.1, -0.05) is 50.6 Å². The van der Waals surface area contributed by atoms with E-state index < -0.39 is 8.32 Å². The normalized spacial score (nSPS) is 16.4. The van der Waals surface area contributed by atoms with Crippen LogP contribution >= 0.6 is 11.6 Å². The summed E-state index contributed by atoms with van der Waals surface area (Å²) in [5.41, 5.74) is 1.91. The lowest BCUT2D eigenvalue weighted by Crippen LogP contribution is -2.43. The molecule has 1 aromatic carbocycles. The predicted octanol–water partition coefficient (Wildman–Crippen LogP) is 5.37. The van der Waals surface area contributed by atoms with Crippen LogP contribution < -0.4 is 4.90 Å². The van der Waals surface area contributed by atoms with Crippen molar-refractivity contribution in [3.05, 3.63) is 40.9 Å². The van der Waals surface area contributed by atoms with E-state index in [1.165, 1.54) is 0 Å². The van der Waals surface area contributed by atoms with Gasteiger partial charge in [0.15, 0.2) is 0 Å². The molecule has 0 N–H and O–H groups in total. The third-order valence-corrected chi connectivity index (χ3v) is 9.77. The van der Waals surface area contributed by atoms with Gasteiger partial charge in [-0.25, -0.2) is 0 Å². The number of rotatable bonds is 4. The molecule has 0 saturated carbocycles. The van der Waals surface area contributed by atoms with E-state index in [2.05, 4.69) is 50.9 Å². The van der Waals surface area contributed by atoms with Crippen LogP contribution in [-0.2, 0) is 9.22 Å². The number of carbonyl (C=O) groups is 1. The molecule has 0 bridgehead atoms. The lowest BCUT2D eigenvalue weighted by molar-refractivity contribution is -0.136. The van der Waals surface area contributed by atoms with Crippen molar-refractivity contribution in [2.24, 2.45) is 0 Å². The Bertz CT molecular complexity index is 641. The minimum atomic E-state index is -2.11. The highest BCUT2D eigenvalue weighted by molar-refractivity contribution is 6.75. The van der Waals surface area contributed by atoms with Crippen LogP contribution in [0.3, 0.4) is 0 Å². The Hall–Kier alpha value is -1.26. The van der Waals surface area contributed by atoms with E-state index in [1.54, 1.807) is 0 Å². The number of nitrogens with zero attached hydrogens (tertiary/aromatic N) is 1. The molecule has 2 rings (SSSR count). The molecule has 0 aliphatic carbocycles. The Morgan fingerprint density at radius 3 is 2.33 bits per heavy atom. The molecular weight excluding hydrogens is 338 g/mol. The van der Waals surface area contributed by atoms with Crippen LogP contribution in [0.4, 0.5) is 5.69 Å². The van der Waals surface area contributed by atoms with Crippen molar-refractivity contribution in [3.63, 3.8) is 0 Å². The smallest absolute Gasteiger partial charge is 0.299 e. The summed E-state index contributed by atoms with van der Waals surface area (Å²) < 4.78 is 5.92. The third kappa shape index (κ3) is 4.04. The summed E-state index contributed by atoms with van der Waals surface area (Å²) >= 11 is 6.45. The van der Waals surface area contributed by atoms with Crippen molar-refractivity contribution < 1.29 is 9.22 Å². The minimum absolute atomic E-state index is 0.00658. The maximum atomic E-state index is 12.6. The minimum Gasteiger partial charge on any atom is -0.519 e. The topological polar surface area (TPSA) is 29.5 Å². The van der Waals surface area contributed by atoms with Gasteiger partial charge in [0.25, 0.3) is 14.3 Å². The lowest BCUT2D eigenvalue weighted by Gasteiger charge is -2.36. The third-order valence-electron chi connectivity index (χ3n) is 5.15. The number of hydrogen-bond donors (Lipinski definition) is 0. The second-order valence-electron chi connectivity index (χ2n) is 7.99. The lowest BCUT2D eigenvalue weighted by atomic mass is 10.0. The quantitative estimate of drug-likeness (QED) is 0.530. The van der Waals surface area contributed by atoms with Gasteiger partial charge in [0.1, 0.15) is 0 Å². The first-order valence-corrected chi connectivity index (χ1v) is 11.7. The van der Waals surface area contributed by atoms with E-state index in [1.807, 2.05) is 25.1 Å². The van der Waals surface area contributed by atoms with Gasteiger partial charge in [0, 0.05) is 13.1 Å². The highest BCUT2D eigenvalue weighted by atomic mass is 35.5. The van der Waals surface area contributed by atoms with Gasteiger partial charge < -0.3 is 9.33 Å². The van der Waals surface area contributed by atoms with Gasteiger partial charge in [-0.3, -0.25) is 4.79 Å². The van der Waals surface area contributed by atoms with Crippen LogP contribution in [0.5, 0.6) is 0 Å². The SMILES string of the molecule is CC(C(=O)O[Si](C)(C)C(C)(C)C)c1ccc(N2CC=CC2)c(Cl)c1. The van der Waals surface area contributed by atoms with E-state index in [0.29, 0.717) is 5.02 Å². The fourth-order valence-corrected chi connectivity index (χ4v) is 3.65. The van der Waals surface area contributed by atoms with Crippen LogP contribution in [0.1, 0.15) is 39.2 Å². The molecule has 0 radical (unpaired) electrons. The van der Waals surface area contributed by atoms with E-state index in [4.69, 9.17) is 16.0 Å². The number of halogens is 1. The summed E-state index contributed by atoms with van der Waals surface area (Å²) in [6, 6.07) is 5.88. The van der Waals surface area contributed by atoms with Crippen molar-refractivity contribution in [2.75, 3.05) is 18.0 Å². The molecule has 3 nitrogen and oxygen atoms in total. The summed E-state index contributed by atoms with van der Waals surface area (Å²) in [5.74, 6) is -0.476. The molecule has 0 aromatic heterocycles. The zero-order valence-corrected chi connectivity index (χ0v) is 17.3. The number of anilines is 1. The molecule has 1 aromatic rings. The summed E-state index contributed by atoms with van der Waals surface area (Å²) in [4.78, 5) is 14.8. The van der Waals surface area contributed by atoms with E-state index in [0.717, 1.165) is 24.3 Å². The largest absolute Gasteiger partial charge is 0.519 e. The zero-order chi connectivity index (χ0) is 18.1. The molecule has 0 fully saturated rings. The molecular formula is C19H28ClNO2Si. The predicted molar refractivity (Wildman–Crippen MR) is 105 cm³/mol. The highest BCUT2D eigenvalue weighted by Gasteiger charge is 2.41. The first-order chi connectivity index (χ1) is 11.0. The second kappa shape index (κ2) is 6.93. The van der Waals surface area contributed by atoms with Gasteiger partial charge in [-0.05, 0) is 42.8 Å². The van der Waals surface area contributed by atoms with Crippen molar-refractivity contribution in [1.29, 1.82) is 0 Å². The Labute approximate surface area is 151 Å². The molecule has 1 atom stereocenters. The second-order valence-corrected chi connectivity index (χ2v) is 13.1. The first-order valence-electron chi connectivity index (χ1n) is 8.45. The van der Waals surface area contributed by atoms with Crippen molar-refractivity contribution in [1.82, 2.24) is 0 Å². The zero-order valence-electron chi connectivity index (χ0n) is 15.5. The molecule has 0 saturated heterocycles. The molecule has 1 unspecified atom stereocenters. The molecule has 0 amide bonds. The van der Waals surface area contributed by atoms with Crippen molar-refractivity contribution in [2.45, 2.75) is 51.7 Å². The summed E-state index contributed by atoms with van der Waals surface area (Å²) in [6.07, 6.45) is 4.26. The molecule has 132 valence electrons. The van der Waals surface area contributed by atoms with Gasteiger partial charge in [-0.15, -0.1) is 0 Å². The van der Waals surface area contributed by atoms with E-state index >= 15 is 0 Å². The summed E-state index contributed by atoms with van der Waals surface area (Å²) in [6.45, 7) is 14.2. The number of benzene rings is 1. The van der Waals surface area contributed by atoms with Gasteiger partial charge in [-0.2, -0.15) is 0 Å². The Kier molecular flexibility index (Phi) is 5.50. The molecule has 0 spiro atoms. The van der Waals surface area contributed by atoms with E-state index in [-0.39, 0.29) is 16.9 Å². The first kappa shape index (κ1) is 19.1. The molecule has 1 heterocycles. The molecule has 5 heteroatoms. The monoisotopic (exact) mass is 365 g/mol. The van der Waals surface area contributed by atoms with Crippen LogP contribution in [-0.4, -0.2) is 27.4 Å². The van der Waals surface area contributed by atoms with Crippen molar-refractivity contribution >= 4 is 31.6 Å². The number of carbonyl (C=O) groups excluding carboxylic acids is 1. The van der Waals surface area contributed by atoms with E-state index in [9.17, 15) is 4.79 Å². The Morgan fingerprint density at radius 2 is 1.83 bits per heavy atom. The van der Waals surface area contributed by atoms with Crippen molar-refractivity contribution in [3.8, 4) is 0 Å². The fourth-order valence-electron chi connectivity index (χ4n) is 2.35. The average molecular weight is 366 g/mol. The summed E-state index contributed by atoms with van der Waals surface area (Å²) in [7, 11) is -2.11. The Morgan fingerprint density at radius 1 is 1.25 bits per heavy atom. The standard InChI is InChI=1S/C19H28ClNO2Si/c1-14(18(22)23-24(5,6)19(2,3)4)15-9-10-17(16(20)13-15)21-11-7-8-12-21/h7-10,13-14H,11-12H2,1-6H3. The molecule has 1 aliphatic heterocycles. The maximum absolute atomic E-state index is 12.6. The maximum Gasteiger partial charge on any atom is 0.299 e. The molecule has 1 aliphatic rings. The highest BCUT2D eigenvalue weighted by Crippen LogP contribution is 2.38. The number of hydrogen-bond acceptors (Lipinski definition) is 3. The van der Waals surface area contributed by atoms with Gasteiger partial charge in [0.05, 0.1) is 16.6 Å². The van der Waals surface area contributed by atoms with Gasteiger partial charge >= 0.3 is 0 Å². The van der Waals surface area contributed by atoms with Gasteiger partial charge in [0.2, 0.25) is 0 Å². The Balaban J connectivity index is 2.13. The average Bonchev–Trinajstić information content (AvgIpc) is 2.98.